The van der Waals surface area contributed by atoms with Crippen LogP contribution in [0.1, 0.15) is 10.4 Å². The topological polar surface area (TPSA) is 116 Å². The van der Waals surface area contributed by atoms with Crippen molar-refractivity contribution in [3.8, 4) is 11.4 Å². The SMILES string of the molecule is NC(=O)c1ccc(-c2nnn(CC(=O)Nc3ccc(SC(F)F)cc3)n2)cc1. The summed E-state index contributed by atoms with van der Waals surface area (Å²) in [4.78, 5) is 24.7. The van der Waals surface area contributed by atoms with Crippen molar-refractivity contribution >= 4 is 29.3 Å². The number of anilines is 1. The molecule has 2 aromatic carbocycles. The zero-order valence-corrected chi connectivity index (χ0v) is 15.1. The van der Waals surface area contributed by atoms with Gasteiger partial charge in [0.2, 0.25) is 17.6 Å². The third-order valence-electron chi connectivity index (χ3n) is 3.53. The number of tetrazole rings is 1. The van der Waals surface area contributed by atoms with E-state index in [2.05, 4.69) is 20.7 Å². The first kappa shape index (κ1) is 19.4. The minimum atomic E-state index is -2.50. The Bertz CT molecular complexity index is 976. The molecule has 0 bridgehead atoms. The van der Waals surface area contributed by atoms with Crippen LogP contribution in [0, 0.1) is 0 Å². The highest BCUT2D eigenvalue weighted by molar-refractivity contribution is 7.99. The molecule has 1 aromatic heterocycles. The van der Waals surface area contributed by atoms with Gasteiger partial charge in [-0.25, -0.2) is 0 Å². The van der Waals surface area contributed by atoms with Gasteiger partial charge in [0, 0.05) is 21.7 Å². The van der Waals surface area contributed by atoms with Gasteiger partial charge in [0.05, 0.1) is 0 Å². The number of nitrogens with zero attached hydrogens (tertiary/aromatic N) is 4. The van der Waals surface area contributed by atoms with Crippen LogP contribution in [0.25, 0.3) is 11.4 Å². The van der Waals surface area contributed by atoms with Crippen LogP contribution in [-0.4, -0.2) is 37.8 Å². The molecule has 0 saturated heterocycles. The summed E-state index contributed by atoms with van der Waals surface area (Å²) in [5.74, 6) is -3.15. The van der Waals surface area contributed by atoms with Crippen molar-refractivity contribution in [3.05, 3.63) is 54.1 Å². The lowest BCUT2D eigenvalue weighted by Gasteiger charge is -2.05. The maximum absolute atomic E-state index is 12.3. The maximum atomic E-state index is 12.3. The fraction of sp³-hybridized carbons (Fsp3) is 0.118. The predicted octanol–water partition coefficient (Wildman–Crippen LogP) is 2.39. The molecule has 0 saturated carbocycles. The first-order chi connectivity index (χ1) is 13.4. The summed E-state index contributed by atoms with van der Waals surface area (Å²) in [6.45, 7) is -0.181. The highest BCUT2D eigenvalue weighted by Crippen LogP contribution is 2.26. The van der Waals surface area contributed by atoms with Gasteiger partial charge in [-0.2, -0.15) is 13.6 Å². The lowest BCUT2D eigenvalue weighted by atomic mass is 10.1. The second kappa shape index (κ2) is 8.57. The average molecular weight is 404 g/mol. The number of nitrogens with two attached hydrogens (primary N) is 1. The molecule has 0 spiro atoms. The summed E-state index contributed by atoms with van der Waals surface area (Å²) < 4.78 is 24.6. The molecule has 2 amide bonds. The van der Waals surface area contributed by atoms with Crippen molar-refractivity contribution in [1.82, 2.24) is 20.2 Å². The monoisotopic (exact) mass is 404 g/mol. The summed E-state index contributed by atoms with van der Waals surface area (Å²) in [5, 5.41) is 14.4. The molecule has 3 rings (SSSR count). The summed E-state index contributed by atoms with van der Waals surface area (Å²) in [5.41, 5.74) is 6.62. The summed E-state index contributed by atoms with van der Waals surface area (Å²) in [6.07, 6.45) is 0. The van der Waals surface area contributed by atoms with E-state index in [1.165, 1.54) is 24.3 Å². The second-order valence-electron chi connectivity index (χ2n) is 5.54. The van der Waals surface area contributed by atoms with Gasteiger partial charge in [0.1, 0.15) is 6.54 Å². The Hall–Kier alpha value is -3.34. The number of hydrogen-bond acceptors (Lipinski definition) is 6. The number of benzene rings is 2. The second-order valence-corrected chi connectivity index (χ2v) is 6.60. The Morgan fingerprint density at radius 2 is 1.79 bits per heavy atom. The molecule has 8 nitrogen and oxygen atoms in total. The summed E-state index contributed by atoms with van der Waals surface area (Å²) >= 11 is 0.428. The molecule has 0 atom stereocenters. The van der Waals surface area contributed by atoms with Crippen molar-refractivity contribution < 1.29 is 18.4 Å². The summed E-state index contributed by atoms with van der Waals surface area (Å²) in [7, 11) is 0. The van der Waals surface area contributed by atoms with Crippen molar-refractivity contribution in [3.63, 3.8) is 0 Å². The standard InChI is InChI=1S/C17H14F2N6O2S/c18-17(19)28-13-7-5-12(6-8-13)21-14(26)9-25-23-16(22-24-25)11-3-1-10(2-4-11)15(20)27/h1-8,17H,9H2,(H2,20,27)(H,21,26). The van der Waals surface area contributed by atoms with E-state index < -0.39 is 17.6 Å². The van der Waals surface area contributed by atoms with Crippen LogP contribution in [0.4, 0.5) is 14.5 Å². The van der Waals surface area contributed by atoms with Crippen molar-refractivity contribution in [1.29, 1.82) is 0 Å². The zero-order chi connectivity index (χ0) is 20.1. The Morgan fingerprint density at radius 3 is 2.39 bits per heavy atom. The largest absolute Gasteiger partial charge is 0.366 e. The molecule has 1 heterocycles. The van der Waals surface area contributed by atoms with E-state index in [4.69, 9.17) is 5.73 Å². The van der Waals surface area contributed by atoms with E-state index in [0.717, 1.165) is 4.80 Å². The van der Waals surface area contributed by atoms with E-state index in [1.54, 1.807) is 24.3 Å². The molecule has 3 aromatic rings. The van der Waals surface area contributed by atoms with Gasteiger partial charge in [0.15, 0.2) is 0 Å². The van der Waals surface area contributed by atoms with Crippen molar-refractivity contribution in [2.75, 3.05) is 5.32 Å². The smallest absolute Gasteiger partial charge is 0.288 e. The molecule has 0 aliphatic heterocycles. The van der Waals surface area contributed by atoms with E-state index in [1.807, 2.05) is 0 Å². The average Bonchev–Trinajstić information content (AvgIpc) is 3.11. The highest BCUT2D eigenvalue weighted by Gasteiger charge is 2.11. The third kappa shape index (κ3) is 5.10. The van der Waals surface area contributed by atoms with Crippen LogP contribution in [-0.2, 0) is 11.3 Å². The highest BCUT2D eigenvalue weighted by atomic mass is 32.2. The van der Waals surface area contributed by atoms with Crippen LogP contribution in [0.3, 0.4) is 0 Å². The van der Waals surface area contributed by atoms with Gasteiger partial charge >= 0.3 is 0 Å². The fourth-order valence-electron chi connectivity index (χ4n) is 2.26. The Balaban J connectivity index is 1.60. The number of hydrogen-bond donors (Lipinski definition) is 2. The number of nitrogens with one attached hydrogen (secondary N) is 1. The first-order valence-electron chi connectivity index (χ1n) is 7.93. The van der Waals surface area contributed by atoms with E-state index >= 15 is 0 Å². The molecule has 0 radical (unpaired) electrons. The Morgan fingerprint density at radius 1 is 1.11 bits per heavy atom. The Kier molecular flexibility index (Phi) is 5.94. The van der Waals surface area contributed by atoms with Gasteiger partial charge in [-0.1, -0.05) is 23.9 Å². The van der Waals surface area contributed by atoms with Crippen LogP contribution >= 0.6 is 11.8 Å². The molecule has 0 aliphatic rings. The van der Waals surface area contributed by atoms with Gasteiger partial charge < -0.3 is 11.1 Å². The van der Waals surface area contributed by atoms with Crippen LogP contribution < -0.4 is 11.1 Å². The lowest BCUT2D eigenvalue weighted by Crippen LogP contribution is -2.20. The summed E-state index contributed by atoms with van der Waals surface area (Å²) in [6, 6.07) is 12.4. The molecule has 28 heavy (non-hydrogen) atoms. The Labute approximate surface area is 162 Å². The van der Waals surface area contributed by atoms with Gasteiger partial charge in [-0.15, -0.1) is 10.2 Å². The fourth-order valence-corrected chi connectivity index (χ4v) is 2.76. The number of aromatic nitrogens is 4. The predicted molar refractivity (Wildman–Crippen MR) is 98.7 cm³/mol. The quantitative estimate of drug-likeness (QED) is 0.584. The van der Waals surface area contributed by atoms with Gasteiger partial charge in [-0.3, -0.25) is 9.59 Å². The van der Waals surface area contributed by atoms with E-state index in [9.17, 15) is 18.4 Å². The van der Waals surface area contributed by atoms with Crippen LogP contribution in [0.5, 0.6) is 0 Å². The number of carbonyl (C=O) groups excluding carboxylic acids is 2. The molecule has 0 unspecified atom stereocenters. The van der Waals surface area contributed by atoms with Gasteiger partial charge in [0.25, 0.3) is 5.76 Å². The molecule has 3 N–H and O–H groups in total. The molecular formula is C17H14F2N6O2S. The number of alkyl halides is 2. The number of rotatable bonds is 7. The van der Waals surface area contributed by atoms with Crippen LogP contribution in [0.2, 0.25) is 0 Å². The van der Waals surface area contributed by atoms with Crippen molar-refractivity contribution in [2.45, 2.75) is 17.2 Å². The molecule has 144 valence electrons. The minimum absolute atomic E-state index is 0.181. The maximum Gasteiger partial charge on any atom is 0.288 e. The molecule has 0 fully saturated rings. The van der Waals surface area contributed by atoms with Crippen LogP contribution in [0.15, 0.2) is 53.4 Å². The van der Waals surface area contributed by atoms with E-state index in [0.29, 0.717) is 33.5 Å². The number of primary amides is 1. The normalized spacial score (nSPS) is 10.8. The third-order valence-corrected chi connectivity index (χ3v) is 4.25. The molecular weight excluding hydrogens is 390 g/mol. The van der Waals surface area contributed by atoms with Crippen molar-refractivity contribution in [2.24, 2.45) is 5.73 Å². The van der Waals surface area contributed by atoms with Gasteiger partial charge in [-0.05, 0) is 41.6 Å². The first-order valence-corrected chi connectivity index (χ1v) is 8.81. The number of carbonyl (C=O) groups is 2. The number of amides is 2. The van der Waals surface area contributed by atoms with E-state index in [-0.39, 0.29) is 12.4 Å². The molecule has 11 heteroatoms. The number of thioether (sulfide) groups is 1. The number of halogens is 2. The lowest BCUT2D eigenvalue weighted by molar-refractivity contribution is -0.117. The minimum Gasteiger partial charge on any atom is -0.366 e. The molecule has 0 aliphatic carbocycles. The zero-order valence-electron chi connectivity index (χ0n) is 14.3.